The van der Waals surface area contributed by atoms with Crippen molar-refractivity contribution >= 4 is 11.5 Å². The first-order valence-electron chi connectivity index (χ1n) is 6.75. The Labute approximate surface area is 118 Å². The predicted molar refractivity (Wildman–Crippen MR) is 76.1 cm³/mol. The van der Waals surface area contributed by atoms with Gasteiger partial charge in [-0.3, -0.25) is 14.8 Å². The lowest BCUT2D eigenvalue weighted by Crippen LogP contribution is -2.26. The summed E-state index contributed by atoms with van der Waals surface area (Å²) >= 11 is 0. The van der Waals surface area contributed by atoms with E-state index >= 15 is 0 Å². The summed E-state index contributed by atoms with van der Waals surface area (Å²) in [6.45, 7) is 9.48. The number of nitrogens with one attached hydrogen (secondary N) is 1. The van der Waals surface area contributed by atoms with Crippen LogP contribution in [0.1, 0.15) is 33.4 Å². The normalized spacial score (nSPS) is 10.3. The largest absolute Gasteiger partial charge is 0.444 e. The standard InChI is InChI=1S/C12H16N4O2.C2H6/c1-8(2)12(17)18-7-15-6-14-16-9(3)4-5-10(16)11(15)13;1-2/h4-6,8,13H,7H2,1-3H3;1-2H3. The number of carbonyl (C=O) groups is 1. The van der Waals surface area contributed by atoms with E-state index in [9.17, 15) is 4.79 Å². The summed E-state index contributed by atoms with van der Waals surface area (Å²) < 4.78 is 8.26. The number of hydrogen-bond acceptors (Lipinski definition) is 4. The molecule has 0 aliphatic carbocycles. The van der Waals surface area contributed by atoms with Gasteiger partial charge in [0.15, 0.2) is 12.2 Å². The van der Waals surface area contributed by atoms with Gasteiger partial charge < -0.3 is 4.74 Å². The molecular weight excluding hydrogens is 256 g/mol. The van der Waals surface area contributed by atoms with Crippen molar-refractivity contribution in [3.8, 4) is 0 Å². The fourth-order valence-electron chi connectivity index (χ4n) is 1.58. The predicted octanol–water partition coefficient (Wildman–Crippen LogP) is 2.11. The molecule has 0 unspecified atom stereocenters. The van der Waals surface area contributed by atoms with E-state index < -0.39 is 0 Å². The number of aryl methyl sites for hydroxylation is 1. The number of rotatable bonds is 3. The Morgan fingerprint density at radius 3 is 2.65 bits per heavy atom. The Bertz CT molecular complexity index is 640. The molecule has 0 saturated carbocycles. The molecule has 0 bridgehead atoms. The third-order valence-corrected chi connectivity index (χ3v) is 2.70. The van der Waals surface area contributed by atoms with Crippen LogP contribution >= 0.6 is 0 Å². The van der Waals surface area contributed by atoms with Crippen LogP contribution in [0.4, 0.5) is 0 Å². The van der Waals surface area contributed by atoms with Crippen molar-refractivity contribution in [2.75, 3.05) is 0 Å². The lowest BCUT2D eigenvalue weighted by Gasteiger charge is -2.10. The van der Waals surface area contributed by atoms with Crippen LogP contribution in [0.15, 0.2) is 18.5 Å². The first-order chi connectivity index (χ1) is 9.50. The SMILES string of the molecule is CC.Cc1ccc2c(=N)n(COC(=O)C(C)C)cnn12. The minimum absolute atomic E-state index is 0.0174. The van der Waals surface area contributed by atoms with E-state index in [2.05, 4.69) is 5.10 Å². The van der Waals surface area contributed by atoms with Gasteiger partial charge in [-0.2, -0.15) is 5.10 Å². The molecule has 0 amide bonds. The van der Waals surface area contributed by atoms with Crippen molar-refractivity contribution in [1.29, 1.82) is 5.41 Å². The van der Waals surface area contributed by atoms with Crippen LogP contribution in [-0.2, 0) is 16.3 Å². The van der Waals surface area contributed by atoms with Crippen LogP contribution in [-0.4, -0.2) is 20.2 Å². The molecule has 6 nitrogen and oxygen atoms in total. The molecule has 0 saturated heterocycles. The minimum atomic E-state index is -0.284. The van der Waals surface area contributed by atoms with E-state index in [-0.39, 0.29) is 24.1 Å². The summed E-state index contributed by atoms with van der Waals surface area (Å²) in [5.41, 5.74) is 1.93. The molecule has 0 atom stereocenters. The highest BCUT2D eigenvalue weighted by molar-refractivity contribution is 5.71. The van der Waals surface area contributed by atoms with Gasteiger partial charge >= 0.3 is 5.97 Å². The van der Waals surface area contributed by atoms with Crippen LogP contribution in [0, 0.1) is 18.3 Å². The smallest absolute Gasteiger partial charge is 0.310 e. The van der Waals surface area contributed by atoms with Crippen LogP contribution in [0.5, 0.6) is 0 Å². The number of esters is 1. The number of nitrogens with zero attached hydrogens (tertiary/aromatic N) is 3. The third-order valence-electron chi connectivity index (χ3n) is 2.70. The highest BCUT2D eigenvalue weighted by Crippen LogP contribution is 2.02. The van der Waals surface area contributed by atoms with Crippen LogP contribution in [0.3, 0.4) is 0 Å². The lowest BCUT2D eigenvalue weighted by atomic mass is 10.2. The Balaban J connectivity index is 0.000000956. The highest BCUT2D eigenvalue weighted by atomic mass is 16.5. The van der Waals surface area contributed by atoms with Crippen molar-refractivity contribution in [2.24, 2.45) is 5.92 Å². The highest BCUT2D eigenvalue weighted by Gasteiger charge is 2.09. The Kier molecular flexibility index (Phi) is 5.49. The number of fused-ring (bicyclic) bond motifs is 1. The molecule has 2 heterocycles. The molecule has 0 fully saturated rings. The Hall–Kier alpha value is -2.11. The molecule has 0 aliphatic heterocycles. The van der Waals surface area contributed by atoms with E-state index in [1.54, 1.807) is 18.4 Å². The number of carbonyl (C=O) groups excluding carboxylic acids is 1. The number of aromatic nitrogens is 3. The van der Waals surface area contributed by atoms with E-state index in [1.807, 2.05) is 32.9 Å². The van der Waals surface area contributed by atoms with E-state index in [4.69, 9.17) is 10.1 Å². The molecule has 2 aromatic heterocycles. The quantitative estimate of drug-likeness (QED) is 0.874. The molecule has 1 N–H and O–H groups in total. The van der Waals surface area contributed by atoms with Gasteiger partial charge in [-0.1, -0.05) is 27.7 Å². The molecule has 0 radical (unpaired) electrons. The maximum atomic E-state index is 11.4. The summed E-state index contributed by atoms with van der Waals surface area (Å²) in [7, 11) is 0. The average Bonchev–Trinajstić information content (AvgIpc) is 2.82. The first-order valence-corrected chi connectivity index (χ1v) is 6.75. The Morgan fingerprint density at radius 1 is 1.40 bits per heavy atom. The molecular formula is C14H22N4O2. The molecule has 20 heavy (non-hydrogen) atoms. The van der Waals surface area contributed by atoms with Gasteiger partial charge in [-0.05, 0) is 19.1 Å². The molecule has 0 aliphatic rings. The number of hydrogen-bond donors (Lipinski definition) is 1. The first kappa shape index (κ1) is 15.9. The van der Waals surface area contributed by atoms with Gasteiger partial charge in [-0.15, -0.1) is 0 Å². The van der Waals surface area contributed by atoms with Crippen molar-refractivity contribution in [3.63, 3.8) is 0 Å². The molecule has 0 spiro atoms. The van der Waals surface area contributed by atoms with Gasteiger partial charge in [0.1, 0.15) is 11.8 Å². The lowest BCUT2D eigenvalue weighted by molar-refractivity contribution is -0.151. The second-order valence-corrected chi connectivity index (χ2v) is 4.47. The van der Waals surface area contributed by atoms with Gasteiger partial charge in [0.25, 0.3) is 0 Å². The minimum Gasteiger partial charge on any atom is -0.444 e. The van der Waals surface area contributed by atoms with Crippen molar-refractivity contribution < 1.29 is 9.53 Å². The monoisotopic (exact) mass is 278 g/mol. The molecule has 6 heteroatoms. The maximum Gasteiger partial charge on any atom is 0.310 e. The molecule has 2 aromatic rings. The summed E-state index contributed by atoms with van der Waals surface area (Å²) in [5, 5.41) is 12.2. The summed E-state index contributed by atoms with van der Waals surface area (Å²) in [6.07, 6.45) is 1.50. The van der Waals surface area contributed by atoms with Crippen molar-refractivity contribution in [2.45, 2.75) is 41.3 Å². The maximum absolute atomic E-state index is 11.4. The third kappa shape index (κ3) is 3.26. The fraction of sp³-hybridized carbons (Fsp3) is 0.500. The molecule has 2 rings (SSSR count). The van der Waals surface area contributed by atoms with E-state index in [0.717, 1.165) is 5.69 Å². The van der Waals surface area contributed by atoms with Crippen LogP contribution < -0.4 is 5.49 Å². The average molecular weight is 278 g/mol. The summed E-state index contributed by atoms with van der Waals surface area (Å²) in [4.78, 5) is 11.4. The van der Waals surface area contributed by atoms with Gasteiger partial charge in [0, 0.05) is 5.69 Å². The van der Waals surface area contributed by atoms with Crippen LogP contribution in [0.25, 0.3) is 5.52 Å². The zero-order valence-corrected chi connectivity index (χ0v) is 12.7. The molecule has 110 valence electrons. The van der Waals surface area contributed by atoms with Gasteiger partial charge in [0.2, 0.25) is 0 Å². The van der Waals surface area contributed by atoms with Gasteiger partial charge in [-0.25, -0.2) is 4.52 Å². The van der Waals surface area contributed by atoms with Crippen LogP contribution in [0.2, 0.25) is 0 Å². The van der Waals surface area contributed by atoms with E-state index in [0.29, 0.717) is 5.52 Å². The topological polar surface area (TPSA) is 72.4 Å². The summed E-state index contributed by atoms with van der Waals surface area (Å²) in [5.74, 6) is -0.458. The molecule has 0 aromatic carbocycles. The van der Waals surface area contributed by atoms with E-state index in [1.165, 1.54) is 10.9 Å². The summed E-state index contributed by atoms with van der Waals surface area (Å²) in [6, 6.07) is 3.72. The zero-order chi connectivity index (χ0) is 15.3. The fourth-order valence-corrected chi connectivity index (χ4v) is 1.58. The van der Waals surface area contributed by atoms with Crippen molar-refractivity contribution in [3.05, 3.63) is 29.6 Å². The number of ether oxygens (including phenoxy) is 1. The zero-order valence-electron chi connectivity index (χ0n) is 12.7. The second-order valence-electron chi connectivity index (χ2n) is 4.47. The van der Waals surface area contributed by atoms with Gasteiger partial charge in [0.05, 0.1) is 5.92 Å². The Morgan fingerprint density at radius 2 is 2.05 bits per heavy atom. The second kappa shape index (κ2) is 6.88. The van der Waals surface area contributed by atoms with Crippen molar-refractivity contribution in [1.82, 2.24) is 14.2 Å².